The third kappa shape index (κ3) is 5.39. The molecule has 1 aromatic heterocycles. The second-order valence-corrected chi connectivity index (χ2v) is 9.77. The van der Waals surface area contributed by atoms with Crippen molar-refractivity contribution in [2.45, 2.75) is 25.7 Å². The van der Waals surface area contributed by atoms with E-state index in [1.807, 2.05) is 28.9 Å². The number of morpholine rings is 1. The Hall–Kier alpha value is -2.81. The van der Waals surface area contributed by atoms with E-state index in [0.717, 1.165) is 69.2 Å². The zero-order chi connectivity index (χ0) is 24.2. The number of carbonyl (C=O) groups is 2. The molecule has 0 atom stereocenters. The summed E-state index contributed by atoms with van der Waals surface area (Å²) in [5.74, 6) is 0.761. The average Bonchev–Trinajstić information content (AvgIpc) is 2.85. The van der Waals surface area contributed by atoms with E-state index in [1.165, 1.54) is 5.56 Å². The highest BCUT2D eigenvalue weighted by Crippen LogP contribution is 2.33. The molecule has 186 valence electrons. The number of hydrogen-bond acceptors (Lipinski definition) is 6. The molecule has 3 aliphatic rings. The number of carbonyl (C=O) groups excluding carboxylic acids is 2. The zero-order valence-corrected chi connectivity index (χ0v) is 20.5. The molecule has 1 N–H and O–H groups in total. The fourth-order valence-electron chi connectivity index (χ4n) is 5.15. The summed E-state index contributed by atoms with van der Waals surface area (Å²) in [5, 5.41) is 3.20. The van der Waals surface area contributed by atoms with Crippen LogP contribution in [0, 0.1) is 12.8 Å². The predicted molar refractivity (Wildman–Crippen MR) is 135 cm³/mol. The van der Waals surface area contributed by atoms with Crippen molar-refractivity contribution in [3.63, 3.8) is 0 Å². The molecule has 35 heavy (non-hydrogen) atoms. The van der Waals surface area contributed by atoms with Crippen LogP contribution in [0.4, 0.5) is 11.4 Å². The van der Waals surface area contributed by atoms with Gasteiger partial charge < -0.3 is 15.0 Å². The molecule has 1 aromatic carbocycles. The SMILES string of the molecule is Cc1ncccc1N(C(=O)C1CNC1)c1ccc(C2CCN(C(=O)CN3CCOCC3)CC2)cc1. The van der Waals surface area contributed by atoms with Gasteiger partial charge in [0.2, 0.25) is 11.8 Å². The van der Waals surface area contributed by atoms with Crippen molar-refractivity contribution in [1.29, 1.82) is 0 Å². The second kappa shape index (κ2) is 10.8. The van der Waals surface area contributed by atoms with E-state index in [-0.39, 0.29) is 17.7 Å². The summed E-state index contributed by atoms with van der Waals surface area (Å²) in [6, 6.07) is 12.3. The maximum Gasteiger partial charge on any atom is 0.237 e. The first-order valence-corrected chi connectivity index (χ1v) is 12.7. The minimum absolute atomic E-state index is 0.00592. The van der Waals surface area contributed by atoms with Crippen LogP contribution in [0.3, 0.4) is 0 Å². The van der Waals surface area contributed by atoms with Crippen molar-refractivity contribution < 1.29 is 14.3 Å². The number of rotatable bonds is 6. The summed E-state index contributed by atoms with van der Waals surface area (Å²) in [4.78, 5) is 36.5. The summed E-state index contributed by atoms with van der Waals surface area (Å²) in [7, 11) is 0. The average molecular weight is 478 g/mol. The van der Waals surface area contributed by atoms with Gasteiger partial charge in [-0.2, -0.15) is 0 Å². The van der Waals surface area contributed by atoms with Gasteiger partial charge in [-0.1, -0.05) is 12.1 Å². The molecular weight excluding hydrogens is 442 g/mol. The molecule has 8 heteroatoms. The van der Waals surface area contributed by atoms with Gasteiger partial charge in [0, 0.05) is 51.2 Å². The molecule has 0 radical (unpaired) electrons. The molecule has 4 heterocycles. The van der Waals surface area contributed by atoms with Crippen LogP contribution in [0.25, 0.3) is 0 Å². The van der Waals surface area contributed by atoms with Gasteiger partial charge in [0.05, 0.1) is 37.1 Å². The van der Waals surface area contributed by atoms with Crippen molar-refractivity contribution >= 4 is 23.2 Å². The lowest BCUT2D eigenvalue weighted by Gasteiger charge is -2.35. The van der Waals surface area contributed by atoms with Gasteiger partial charge >= 0.3 is 0 Å². The predicted octanol–water partition coefficient (Wildman–Crippen LogP) is 2.31. The summed E-state index contributed by atoms with van der Waals surface area (Å²) in [6.45, 7) is 8.57. The minimum atomic E-state index is -0.00592. The largest absolute Gasteiger partial charge is 0.379 e. The first-order valence-electron chi connectivity index (χ1n) is 12.7. The highest BCUT2D eigenvalue weighted by atomic mass is 16.5. The van der Waals surface area contributed by atoms with Crippen LogP contribution in [-0.2, 0) is 14.3 Å². The lowest BCUT2D eigenvalue weighted by Crippen LogP contribution is -2.51. The molecule has 0 spiro atoms. The molecule has 2 aromatic rings. The van der Waals surface area contributed by atoms with Crippen molar-refractivity contribution in [2.75, 3.05) is 63.9 Å². The number of pyridine rings is 1. The van der Waals surface area contributed by atoms with E-state index in [2.05, 4.69) is 39.5 Å². The topological polar surface area (TPSA) is 78.0 Å². The third-order valence-electron chi connectivity index (χ3n) is 7.50. The van der Waals surface area contributed by atoms with Crippen molar-refractivity contribution in [2.24, 2.45) is 5.92 Å². The van der Waals surface area contributed by atoms with E-state index in [9.17, 15) is 9.59 Å². The molecule has 3 aliphatic heterocycles. The molecule has 5 rings (SSSR count). The number of piperidine rings is 1. The van der Waals surface area contributed by atoms with E-state index in [0.29, 0.717) is 25.7 Å². The molecule has 0 saturated carbocycles. The van der Waals surface area contributed by atoms with Gasteiger partial charge in [0.1, 0.15) is 0 Å². The molecule has 8 nitrogen and oxygen atoms in total. The molecular formula is C27H35N5O3. The lowest BCUT2D eigenvalue weighted by atomic mass is 9.89. The number of benzene rings is 1. The van der Waals surface area contributed by atoms with Gasteiger partial charge in [-0.3, -0.25) is 24.4 Å². The Morgan fingerprint density at radius 3 is 2.40 bits per heavy atom. The van der Waals surface area contributed by atoms with Crippen LogP contribution in [0.15, 0.2) is 42.6 Å². The van der Waals surface area contributed by atoms with Crippen molar-refractivity contribution in [1.82, 2.24) is 20.1 Å². The lowest BCUT2D eigenvalue weighted by molar-refractivity contribution is -0.134. The number of aromatic nitrogens is 1. The van der Waals surface area contributed by atoms with Gasteiger partial charge in [-0.15, -0.1) is 0 Å². The summed E-state index contributed by atoms with van der Waals surface area (Å²) in [5.41, 5.74) is 3.82. The van der Waals surface area contributed by atoms with Crippen LogP contribution in [0.1, 0.15) is 30.0 Å². The van der Waals surface area contributed by atoms with Crippen molar-refractivity contribution in [3.8, 4) is 0 Å². The Balaban J connectivity index is 1.23. The molecule has 3 saturated heterocycles. The van der Waals surface area contributed by atoms with Gasteiger partial charge in [-0.05, 0) is 55.5 Å². The number of ether oxygens (including phenoxy) is 1. The number of hydrogen-bond donors (Lipinski definition) is 1. The quantitative estimate of drug-likeness (QED) is 0.688. The Morgan fingerprint density at radius 2 is 1.77 bits per heavy atom. The van der Waals surface area contributed by atoms with E-state index >= 15 is 0 Å². The first kappa shape index (κ1) is 23.9. The smallest absolute Gasteiger partial charge is 0.237 e. The molecule has 2 amide bonds. The molecule has 0 aliphatic carbocycles. The van der Waals surface area contributed by atoms with Crippen LogP contribution in [0.2, 0.25) is 0 Å². The van der Waals surface area contributed by atoms with Crippen LogP contribution >= 0.6 is 0 Å². The van der Waals surface area contributed by atoms with Gasteiger partial charge in [0.15, 0.2) is 0 Å². The second-order valence-electron chi connectivity index (χ2n) is 9.77. The Bertz CT molecular complexity index is 1030. The number of aryl methyl sites for hydroxylation is 1. The maximum absolute atomic E-state index is 13.3. The number of nitrogens with zero attached hydrogens (tertiary/aromatic N) is 4. The molecule has 3 fully saturated rings. The third-order valence-corrected chi connectivity index (χ3v) is 7.50. The zero-order valence-electron chi connectivity index (χ0n) is 20.5. The van der Waals surface area contributed by atoms with E-state index in [4.69, 9.17) is 4.74 Å². The summed E-state index contributed by atoms with van der Waals surface area (Å²) >= 11 is 0. The first-order chi connectivity index (χ1) is 17.1. The van der Waals surface area contributed by atoms with Crippen LogP contribution < -0.4 is 10.2 Å². The van der Waals surface area contributed by atoms with Crippen LogP contribution in [-0.4, -0.2) is 85.6 Å². The number of amides is 2. The standard InChI is InChI=1S/C27H35N5O3/c1-20-25(3-2-10-29-20)32(27(34)23-17-28-18-23)24-6-4-21(5-7-24)22-8-11-31(12-9-22)26(33)19-30-13-15-35-16-14-30/h2-7,10,22-23,28H,8-9,11-19H2,1H3. The summed E-state index contributed by atoms with van der Waals surface area (Å²) in [6.07, 6.45) is 3.69. The highest BCUT2D eigenvalue weighted by Gasteiger charge is 2.32. The Kier molecular flexibility index (Phi) is 7.41. The molecule has 0 unspecified atom stereocenters. The molecule has 0 bridgehead atoms. The Labute approximate surface area is 207 Å². The minimum Gasteiger partial charge on any atom is -0.379 e. The number of anilines is 2. The van der Waals surface area contributed by atoms with Gasteiger partial charge in [-0.25, -0.2) is 0 Å². The van der Waals surface area contributed by atoms with Gasteiger partial charge in [0.25, 0.3) is 0 Å². The fraction of sp³-hybridized carbons (Fsp3) is 0.519. The number of nitrogens with one attached hydrogen (secondary N) is 1. The normalized spacial score (nSPS) is 19.9. The van der Waals surface area contributed by atoms with E-state index < -0.39 is 0 Å². The van der Waals surface area contributed by atoms with E-state index in [1.54, 1.807) is 6.20 Å². The highest BCUT2D eigenvalue weighted by molar-refractivity contribution is 6.02. The number of likely N-dealkylation sites (tertiary alicyclic amines) is 1. The monoisotopic (exact) mass is 477 g/mol. The fourth-order valence-corrected chi connectivity index (χ4v) is 5.15. The maximum atomic E-state index is 13.3. The summed E-state index contributed by atoms with van der Waals surface area (Å²) < 4.78 is 5.38. The Morgan fingerprint density at radius 1 is 1.06 bits per heavy atom. The van der Waals surface area contributed by atoms with Crippen LogP contribution in [0.5, 0.6) is 0 Å². The van der Waals surface area contributed by atoms with Crippen molar-refractivity contribution in [3.05, 3.63) is 53.9 Å².